The fraction of sp³-hybridized carbons (Fsp3) is 0.200. The minimum atomic E-state index is -0.409. The van der Waals surface area contributed by atoms with Gasteiger partial charge < -0.3 is 9.47 Å². The van der Waals surface area contributed by atoms with Gasteiger partial charge >= 0.3 is 11.9 Å². The van der Waals surface area contributed by atoms with E-state index in [0.29, 0.717) is 24.0 Å². The highest BCUT2D eigenvalue weighted by molar-refractivity contribution is 5.89. The van der Waals surface area contributed by atoms with Crippen molar-refractivity contribution in [2.75, 3.05) is 6.61 Å². The predicted octanol–water partition coefficient (Wildman–Crippen LogP) is 4.04. The lowest BCUT2D eigenvalue weighted by atomic mass is 10.2. The first-order chi connectivity index (χ1) is 11.7. The molecule has 0 bridgehead atoms. The van der Waals surface area contributed by atoms with Crippen molar-refractivity contribution in [2.45, 2.75) is 18.9 Å². The molecule has 0 aromatic heterocycles. The van der Waals surface area contributed by atoms with Gasteiger partial charge in [-0.2, -0.15) is 0 Å². The van der Waals surface area contributed by atoms with E-state index >= 15 is 0 Å². The molecule has 1 unspecified atom stereocenters. The molecule has 0 amide bonds. The third kappa shape index (κ3) is 5.39. The van der Waals surface area contributed by atoms with Crippen molar-refractivity contribution >= 4 is 11.9 Å². The molecule has 0 aliphatic heterocycles. The van der Waals surface area contributed by atoms with Gasteiger partial charge in [-0.25, -0.2) is 9.59 Å². The van der Waals surface area contributed by atoms with Crippen LogP contribution in [0.2, 0.25) is 0 Å². The Morgan fingerprint density at radius 3 is 2.00 bits per heavy atom. The number of carbonyl (C=O) groups is 2. The molecule has 4 nitrogen and oxygen atoms in total. The first-order valence-electron chi connectivity index (χ1n) is 7.81. The van der Waals surface area contributed by atoms with Gasteiger partial charge in [0.2, 0.25) is 0 Å². The van der Waals surface area contributed by atoms with E-state index in [1.165, 1.54) is 0 Å². The van der Waals surface area contributed by atoms with Crippen LogP contribution in [0.25, 0.3) is 0 Å². The monoisotopic (exact) mass is 324 g/mol. The van der Waals surface area contributed by atoms with Gasteiger partial charge in [0.1, 0.15) is 6.10 Å². The molecule has 0 N–H and O–H groups in total. The van der Waals surface area contributed by atoms with E-state index in [-0.39, 0.29) is 18.5 Å². The average Bonchev–Trinajstić information content (AvgIpc) is 2.65. The van der Waals surface area contributed by atoms with Crippen LogP contribution >= 0.6 is 0 Å². The van der Waals surface area contributed by atoms with Crippen LogP contribution in [0.5, 0.6) is 0 Å². The van der Waals surface area contributed by atoms with Crippen LogP contribution in [0.4, 0.5) is 0 Å². The second-order valence-electron chi connectivity index (χ2n) is 5.19. The molecule has 124 valence electrons. The summed E-state index contributed by atoms with van der Waals surface area (Å²) in [6, 6.07) is 17.6. The first kappa shape index (κ1) is 17.5. The van der Waals surface area contributed by atoms with Gasteiger partial charge in [0.15, 0.2) is 0 Å². The summed E-state index contributed by atoms with van der Waals surface area (Å²) in [5.74, 6) is -0.742. The highest BCUT2D eigenvalue weighted by Gasteiger charge is 2.13. The molecule has 1 atom stereocenters. The molecule has 0 radical (unpaired) electrons. The minimum absolute atomic E-state index is 0.265. The molecule has 0 saturated heterocycles. The second-order valence-corrected chi connectivity index (χ2v) is 5.19. The summed E-state index contributed by atoms with van der Waals surface area (Å²) in [7, 11) is 0. The minimum Gasteiger partial charge on any atom is -0.462 e. The van der Waals surface area contributed by atoms with E-state index in [1.54, 1.807) is 54.6 Å². The fourth-order valence-electron chi connectivity index (χ4n) is 2.11. The molecule has 2 aromatic carbocycles. The van der Waals surface area contributed by atoms with E-state index in [2.05, 4.69) is 6.58 Å². The van der Waals surface area contributed by atoms with Gasteiger partial charge in [-0.1, -0.05) is 49.1 Å². The van der Waals surface area contributed by atoms with Crippen LogP contribution in [0.3, 0.4) is 0 Å². The van der Waals surface area contributed by atoms with Crippen molar-refractivity contribution in [3.63, 3.8) is 0 Å². The quantitative estimate of drug-likeness (QED) is 0.418. The van der Waals surface area contributed by atoms with E-state index in [4.69, 9.17) is 9.47 Å². The van der Waals surface area contributed by atoms with Gasteiger partial charge in [-0.15, -0.1) is 0 Å². The van der Waals surface area contributed by atoms with E-state index in [9.17, 15) is 9.59 Å². The molecule has 0 fully saturated rings. The Morgan fingerprint density at radius 1 is 0.917 bits per heavy atom. The Balaban J connectivity index is 1.73. The maximum absolute atomic E-state index is 12.0. The Kier molecular flexibility index (Phi) is 6.77. The third-order valence-corrected chi connectivity index (χ3v) is 3.41. The van der Waals surface area contributed by atoms with Crippen LogP contribution in [0, 0.1) is 0 Å². The zero-order valence-electron chi connectivity index (χ0n) is 13.4. The van der Waals surface area contributed by atoms with Crippen molar-refractivity contribution in [3.8, 4) is 0 Å². The van der Waals surface area contributed by atoms with Crippen LogP contribution in [-0.2, 0) is 9.47 Å². The highest BCUT2D eigenvalue weighted by atomic mass is 16.5. The van der Waals surface area contributed by atoms with Crippen LogP contribution in [-0.4, -0.2) is 24.6 Å². The van der Waals surface area contributed by atoms with Crippen molar-refractivity contribution in [3.05, 3.63) is 84.4 Å². The summed E-state index contributed by atoms with van der Waals surface area (Å²) >= 11 is 0. The van der Waals surface area contributed by atoms with Crippen LogP contribution in [0.15, 0.2) is 73.3 Å². The SMILES string of the molecule is C=CC(CCCOC(=O)c1ccccc1)OC(=O)c1ccccc1. The number of hydrogen-bond donors (Lipinski definition) is 0. The number of carbonyl (C=O) groups excluding carboxylic acids is 2. The molecule has 4 heteroatoms. The highest BCUT2D eigenvalue weighted by Crippen LogP contribution is 2.10. The molecule has 2 aromatic rings. The normalized spacial score (nSPS) is 11.3. The van der Waals surface area contributed by atoms with E-state index in [1.807, 2.05) is 12.1 Å². The lowest BCUT2D eigenvalue weighted by molar-refractivity contribution is 0.0334. The molecule has 0 aliphatic carbocycles. The molecule has 0 aliphatic rings. The molecule has 2 rings (SSSR count). The van der Waals surface area contributed by atoms with Crippen molar-refractivity contribution in [1.82, 2.24) is 0 Å². The van der Waals surface area contributed by atoms with E-state index < -0.39 is 6.10 Å². The lowest BCUT2D eigenvalue weighted by Gasteiger charge is -2.14. The zero-order chi connectivity index (χ0) is 17.2. The summed E-state index contributed by atoms with van der Waals surface area (Å²) in [6.45, 7) is 3.95. The molecule has 24 heavy (non-hydrogen) atoms. The average molecular weight is 324 g/mol. The van der Waals surface area contributed by atoms with Gasteiger partial charge in [0.25, 0.3) is 0 Å². The Labute approximate surface area is 141 Å². The third-order valence-electron chi connectivity index (χ3n) is 3.41. The number of ether oxygens (including phenoxy) is 2. The Morgan fingerprint density at radius 2 is 1.46 bits per heavy atom. The van der Waals surface area contributed by atoms with Gasteiger partial charge in [-0.05, 0) is 37.1 Å². The predicted molar refractivity (Wildman–Crippen MR) is 91.8 cm³/mol. The second kappa shape index (κ2) is 9.30. The molecular weight excluding hydrogens is 304 g/mol. The van der Waals surface area contributed by atoms with Crippen LogP contribution in [0.1, 0.15) is 33.6 Å². The van der Waals surface area contributed by atoms with Crippen molar-refractivity contribution in [1.29, 1.82) is 0 Å². The number of hydrogen-bond acceptors (Lipinski definition) is 4. The largest absolute Gasteiger partial charge is 0.462 e. The van der Waals surface area contributed by atoms with Gasteiger partial charge in [0, 0.05) is 0 Å². The van der Waals surface area contributed by atoms with Crippen molar-refractivity contribution < 1.29 is 19.1 Å². The molecule has 0 saturated carbocycles. The number of benzene rings is 2. The standard InChI is InChI=1S/C20H20O4/c1-2-18(24-20(22)17-12-7-4-8-13-17)14-9-15-23-19(21)16-10-5-3-6-11-16/h2-8,10-13,18H,1,9,14-15H2. The molecular formula is C20H20O4. The maximum atomic E-state index is 12.0. The maximum Gasteiger partial charge on any atom is 0.338 e. The Hall–Kier alpha value is -2.88. The fourth-order valence-corrected chi connectivity index (χ4v) is 2.11. The lowest BCUT2D eigenvalue weighted by Crippen LogP contribution is -2.17. The number of rotatable bonds is 8. The van der Waals surface area contributed by atoms with Crippen molar-refractivity contribution in [2.24, 2.45) is 0 Å². The van der Waals surface area contributed by atoms with Gasteiger partial charge in [0.05, 0.1) is 17.7 Å². The molecule has 0 spiro atoms. The van der Waals surface area contributed by atoms with Gasteiger partial charge in [-0.3, -0.25) is 0 Å². The summed E-state index contributed by atoms with van der Waals surface area (Å²) in [4.78, 5) is 23.8. The zero-order valence-corrected chi connectivity index (χ0v) is 13.4. The summed E-state index contributed by atoms with van der Waals surface area (Å²) < 4.78 is 10.6. The summed E-state index contributed by atoms with van der Waals surface area (Å²) in [5.41, 5.74) is 1.02. The summed E-state index contributed by atoms with van der Waals surface area (Å²) in [6.07, 6.45) is 2.30. The summed E-state index contributed by atoms with van der Waals surface area (Å²) in [5, 5.41) is 0. The Bertz CT molecular complexity index is 665. The smallest absolute Gasteiger partial charge is 0.338 e. The van der Waals surface area contributed by atoms with Crippen LogP contribution < -0.4 is 0 Å². The number of esters is 2. The first-order valence-corrected chi connectivity index (χ1v) is 7.81. The topological polar surface area (TPSA) is 52.6 Å². The van der Waals surface area contributed by atoms with E-state index in [0.717, 1.165) is 0 Å². The molecule has 0 heterocycles.